The average molecular weight is 246 g/mol. The zero-order valence-electron chi connectivity index (χ0n) is 8.98. The molecule has 0 bridgehead atoms. The molecule has 0 amide bonds. The van der Waals surface area contributed by atoms with Gasteiger partial charge in [-0.1, -0.05) is 0 Å². The molecule has 1 atom stereocenters. The number of esters is 1. The summed E-state index contributed by atoms with van der Waals surface area (Å²) >= 11 is 0. The number of nitrogens with one attached hydrogen (secondary N) is 1. The summed E-state index contributed by atoms with van der Waals surface area (Å²) in [6.07, 6.45) is 3.75. The Morgan fingerprint density at radius 2 is 2.50 bits per heavy atom. The summed E-state index contributed by atoms with van der Waals surface area (Å²) in [5, 5.41) is 3.28. The maximum Gasteiger partial charge on any atom is 0.374 e. The molecule has 1 aromatic heterocycles. The summed E-state index contributed by atoms with van der Waals surface area (Å²) in [5.74, 6) is 0.349. The highest BCUT2D eigenvalue weighted by atomic mass is 35.5. The molecule has 4 nitrogen and oxygen atoms in total. The van der Waals surface area contributed by atoms with Crippen LogP contribution >= 0.6 is 12.4 Å². The van der Waals surface area contributed by atoms with Crippen molar-refractivity contribution < 1.29 is 13.9 Å². The largest absolute Gasteiger partial charge is 0.459 e. The van der Waals surface area contributed by atoms with Gasteiger partial charge in [-0.15, -0.1) is 12.4 Å². The maximum atomic E-state index is 11.4. The fraction of sp³-hybridized carbons (Fsp3) is 0.545. The van der Waals surface area contributed by atoms with Crippen molar-refractivity contribution in [1.82, 2.24) is 5.32 Å². The predicted octanol–water partition coefficient (Wildman–Crippen LogP) is 1.86. The second-order valence-corrected chi connectivity index (χ2v) is 3.79. The minimum atomic E-state index is -0.370. The number of carbonyl (C=O) groups excluding carboxylic acids is 1. The third-order valence-electron chi connectivity index (χ3n) is 2.57. The molecule has 1 aliphatic heterocycles. The van der Waals surface area contributed by atoms with E-state index < -0.39 is 0 Å². The van der Waals surface area contributed by atoms with Gasteiger partial charge < -0.3 is 14.5 Å². The summed E-state index contributed by atoms with van der Waals surface area (Å²) in [4.78, 5) is 11.4. The second-order valence-electron chi connectivity index (χ2n) is 3.79. The maximum absolute atomic E-state index is 11.4. The summed E-state index contributed by atoms with van der Waals surface area (Å²) in [7, 11) is 0. The molecule has 90 valence electrons. The Morgan fingerprint density at radius 1 is 1.62 bits per heavy atom. The number of ether oxygens (including phenoxy) is 1. The van der Waals surface area contributed by atoms with Crippen LogP contribution in [0.5, 0.6) is 0 Å². The highest BCUT2D eigenvalue weighted by Gasteiger charge is 2.16. The molecule has 2 rings (SSSR count). The standard InChI is InChI=1S/C11H15NO3.ClH/c13-11(10-4-2-6-14-10)15-8-9-3-1-5-12-7-9;/h2,4,6,9,12H,1,3,5,7-8H2;1H. The molecule has 0 aromatic carbocycles. The molecular weight excluding hydrogens is 230 g/mol. The molecule has 1 saturated heterocycles. The summed E-state index contributed by atoms with van der Waals surface area (Å²) in [6.45, 7) is 2.49. The fourth-order valence-electron chi connectivity index (χ4n) is 1.73. The van der Waals surface area contributed by atoms with Crippen LogP contribution in [0, 0.1) is 5.92 Å². The Balaban J connectivity index is 0.00000128. The molecule has 1 aliphatic rings. The van der Waals surface area contributed by atoms with Gasteiger partial charge in [-0.3, -0.25) is 0 Å². The number of hydrogen-bond acceptors (Lipinski definition) is 4. The molecule has 0 radical (unpaired) electrons. The van der Waals surface area contributed by atoms with Gasteiger partial charge in [0.1, 0.15) is 0 Å². The minimum Gasteiger partial charge on any atom is -0.459 e. The van der Waals surface area contributed by atoms with Crippen LogP contribution < -0.4 is 5.32 Å². The Kier molecular flexibility index (Phi) is 5.35. The van der Waals surface area contributed by atoms with Gasteiger partial charge in [0.2, 0.25) is 5.76 Å². The van der Waals surface area contributed by atoms with Gasteiger partial charge in [0.15, 0.2) is 0 Å². The Morgan fingerprint density at radius 3 is 3.12 bits per heavy atom. The molecule has 1 unspecified atom stereocenters. The van der Waals surface area contributed by atoms with E-state index in [2.05, 4.69) is 5.32 Å². The van der Waals surface area contributed by atoms with Gasteiger partial charge in [0, 0.05) is 12.5 Å². The molecule has 0 aliphatic carbocycles. The van der Waals surface area contributed by atoms with Crippen molar-refractivity contribution in [1.29, 1.82) is 0 Å². The second kappa shape index (κ2) is 6.55. The lowest BCUT2D eigenvalue weighted by atomic mass is 10.0. The van der Waals surface area contributed by atoms with Gasteiger partial charge in [-0.05, 0) is 31.5 Å². The van der Waals surface area contributed by atoms with Crippen molar-refractivity contribution in [2.24, 2.45) is 5.92 Å². The number of hydrogen-bond donors (Lipinski definition) is 1. The molecule has 5 heteroatoms. The third-order valence-corrected chi connectivity index (χ3v) is 2.57. The first kappa shape index (κ1) is 13.1. The van der Waals surface area contributed by atoms with Crippen molar-refractivity contribution in [3.05, 3.63) is 24.2 Å². The Hall–Kier alpha value is -1.00. The van der Waals surface area contributed by atoms with Crippen molar-refractivity contribution in [3.8, 4) is 0 Å². The molecule has 0 spiro atoms. The van der Waals surface area contributed by atoms with Gasteiger partial charge >= 0.3 is 5.97 Å². The number of carbonyl (C=O) groups is 1. The zero-order chi connectivity index (χ0) is 10.5. The number of furan rings is 1. The Bertz CT molecular complexity index is 307. The lowest BCUT2D eigenvalue weighted by Crippen LogP contribution is -2.32. The van der Waals surface area contributed by atoms with Gasteiger partial charge in [-0.25, -0.2) is 4.79 Å². The van der Waals surface area contributed by atoms with E-state index in [9.17, 15) is 4.79 Å². The topological polar surface area (TPSA) is 51.5 Å². The smallest absolute Gasteiger partial charge is 0.374 e. The van der Waals surface area contributed by atoms with Crippen molar-refractivity contribution in [3.63, 3.8) is 0 Å². The highest BCUT2D eigenvalue weighted by Crippen LogP contribution is 2.11. The van der Waals surface area contributed by atoms with Gasteiger partial charge in [0.05, 0.1) is 12.9 Å². The van der Waals surface area contributed by atoms with E-state index in [1.54, 1.807) is 12.1 Å². The van der Waals surface area contributed by atoms with E-state index >= 15 is 0 Å². The van der Waals surface area contributed by atoms with Gasteiger partial charge in [0.25, 0.3) is 0 Å². The molecule has 1 fully saturated rings. The first-order valence-electron chi connectivity index (χ1n) is 5.27. The molecule has 0 saturated carbocycles. The van der Waals surface area contributed by atoms with E-state index in [-0.39, 0.29) is 24.1 Å². The monoisotopic (exact) mass is 245 g/mol. The minimum absolute atomic E-state index is 0. The summed E-state index contributed by atoms with van der Waals surface area (Å²) in [5.41, 5.74) is 0. The van der Waals surface area contributed by atoms with E-state index in [0.717, 1.165) is 25.9 Å². The summed E-state index contributed by atoms with van der Waals surface area (Å²) in [6, 6.07) is 3.29. The van der Waals surface area contributed by atoms with E-state index in [1.807, 2.05) is 0 Å². The van der Waals surface area contributed by atoms with Crippen LogP contribution in [-0.4, -0.2) is 25.7 Å². The first-order chi connectivity index (χ1) is 7.36. The lowest BCUT2D eigenvalue weighted by Gasteiger charge is -2.21. The van der Waals surface area contributed by atoms with Gasteiger partial charge in [-0.2, -0.15) is 0 Å². The van der Waals surface area contributed by atoms with Crippen LogP contribution in [0.15, 0.2) is 22.8 Å². The van der Waals surface area contributed by atoms with Crippen LogP contribution in [-0.2, 0) is 4.74 Å². The molecular formula is C11H16ClNO3. The van der Waals surface area contributed by atoms with Crippen molar-refractivity contribution >= 4 is 18.4 Å². The van der Waals surface area contributed by atoms with Crippen LogP contribution in [0.25, 0.3) is 0 Å². The predicted molar refractivity (Wildman–Crippen MR) is 61.8 cm³/mol. The van der Waals surface area contributed by atoms with E-state index in [1.165, 1.54) is 6.26 Å². The van der Waals surface area contributed by atoms with Crippen LogP contribution in [0.1, 0.15) is 23.4 Å². The zero-order valence-corrected chi connectivity index (χ0v) is 9.79. The fourth-order valence-corrected chi connectivity index (χ4v) is 1.73. The molecule has 1 N–H and O–H groups in total. The number of rotatable bonds is 3. The summed E-state index contributed by atoms with van der Waals surface area (Å²) < 4.78 is 10.1. The number of piperidine rings is 1. The van der Waals surface area contributed by atoms with Crippen LogP contribution in [0.4, 0.5) is 0 Å². The normalized spacial score (nSPS) is 19.9. The third kappa shape index (κ3) is 3.54. The lowest BCUT2D eigenvalue weighted by molar-refractivity contribution is 0.0385. The average Bonchev–Trinajstić information content (AvgIpc) is 2.81. The SMILES string of the molecule is Cl.O=C(OCC1CCCNC1)c1ccco1. The van der Waals surface area contributed by atoms with Crippen molar-refractivity contribution in [2.45, 2.75) is 12.8 Å². The van der Waals surface area contributed by atoms with E-state index in [4.69, 9.17) is 9.15 Å². The Labute approximate surface area is 101 Å². The van der Waals surface area contributed by atoms with Crippen LogP contribution in [0.2, 0.25) is 0 Å². The number of halogens is 1. The first-order valence-corrected chi connectivity index (χ1v) is 5.27. The van der Waals surface area contributed by atoms with Crippen LogP contribution in [0.3, 0.4) is 0 Å². The molecule has 2 heterocycles. The quantitative estimate of drug-likeness (QED) is 0.826. The van der Waals surface area contributed by atoms with Crippen molar-refractivity contribution in [2.75, 3.05) is 19.7 Å². The highest BCUT2D eigenvalue weighted by molar-refractivity contribution is 5.86. The molecule has 16 heavy (non-hydrogen) atoms. The molecule has 1 aromatic rings. The van der Waals surface area contributed by atoms with E-state index in [0.29, 0.717) is 12.5 Å².